The van der Waals surface area contributed by atoms with Crippen LogP contribution in [-0.4, -0.2) is 26.3 Å². The second-order valence-electron chi connectivity index (χ2n) is 5.14. The Bertz CT molecular complexity index is 601. The van der Waals surface area contributed by atoms with E-state index in [2.05, 4.69) is 5.48 Å². The Morgan fingerprint density at radius 3 is 2.59 bits per heavy atom. The largest absolute Gasteiger partial charge is 0.378 e. The highest BCUT2D eigenvalue weighted by Crippen LogP contribution is 2.23. The molecule has 5 heteroatoms. The van der Waals surface area contributed by atoms with Crippen molar-refractivity contribution in [3.63, 3.8) is 0 Å². The minimum Gasteiger partial charge on any atom is -0.378 e. The highest BCUT2D eigenvalue weighted by molar-refractivity contribution is 5.55. The van der Waals surface area contributed by atoms with Gasteiger partial charge in [-0.3, -0.25) is 10.3 Å². The highest BCUT2D eigenvalue weighted by atomic mass is 19.1. The van der Waals surface area contributed by atoms with Gasteiger partial charge in [0.2, 0.25) is 0 Å². The molecular weight excluding hydrogens is 283 g/mol. The van der Waals surface area contributed by atoms with E-state index in [0.29, 0.717) is 44.3 Å². The molecule has 1 saturated heterocycles. The lowest BCUT2D eigenvalue weighted by Crippen LogP contribution is -2.36. The molecule has 4 nitrogen and oxygen atoms in total. The standard InChI is InChI=1S/C17H19FN2O2/c18-16-12-15(19-22-13-14-4-2-1-3-5-14)6-7-17(16)20-8-10-21-11-9-20/h1-7,12,19H,8-11,13H2. The smallest absolute Gasteiger partial charge is 0.148 e. The van der Waals surface area contributed by atoms with Gasteiger partial charge in [0.25, 0.3) is 0 Å². The topological polar surface area (TPSA) is 33.7 Å². The quantitative estimate of drug-likeness (QED) is 0.860. The Hall–Kier alpha value is -2.11. The van der Waals surface area contributed by atoms with Crippen LogP contribution in [0.4, 0.5) is 15.8 Å². The molecule has 116 valence electrons. The maximum absolute atomic E-state index is 14.2. The van der Waals surface area contributed by atoms with E-state index < -0.39 is 0 Å². The number of rotatable bonds is 5. The number of nitrogens with one attached hydrogen (secondary N) is 1. The number of benzene rings is 2. The summed E-state index contributed by atoms with van der Waals surface area (Å²) < 4.78 is 19.5. The summed E-state index contributed by atoms with van der Waals surface area (Å²) in [6, 6.07) is 14.9. The van der Waals surface area contributed by atoms with Gasteiger partial charge >= 0.3 is 0 Å². The Labute approximate surface area is 129 Å². The average Bonchev–Trinajstić information content (AvgIpc) is 2.57. The molecule has 1 fully saturated rings. The molecule has 0 aliphatic carbocycles. The summed E-state index contributed by atoms with van der Waals surface area (Å²) in [4.78, 5) is 7.39. The molecule has 1 heterocycles. The SMILES string of the molecule is Fc1cc(NOCc2ccccc2)ccc1N1CCOCC1. The van der Waals surface area contributed by atoms with E-state index in [9.17, 15) is 4.39 Å². The second-order valence-corrected chi connectivity index (χ2v) is 5.14. The number of nitrogens with zero attached hydrogens (tertiary/aromatic N) is 1. The Balaban J connectivity index is 1.57. The van der Waals surface area contributed by atoms with Crippen LogP contribution >= 0.6 is 0 Å². The van der Waals surface area contributed by atoms with Crippen molar-refractivity contribution in [1.82, 2.24) is 0 Å². The molecule has 2 aromatic rings. The predicted molar refractivity (Wildman–Crippen MR) is 84.3 cm³/mol. The number of hydrogen-bond acceptors (Lipinski definition) is 4. The summed E-state index contributed by atoms with van der Waals surface area (Å²) in [6.45, 7) is 3.13. The average molecular weight is 302 g/mol. The van der Waals surface area contributed by atoms with Crippen LogP contribution in [0.2, 0.25) is 0 Å². The van der Waals surface area contributed by atoms with Gasteiger partial charge in [-0.15, -0.1) is 0 Å². The van der Waals surface area contributed by atoms with Gasteiger partial charge in [-0.1, -0.05) is 30.3 Å². The van der Waals surface area contributed by atoms with E-state index >= 15 is 0 Å². The van der Waals surface area contributed by atoms with E-state index in [1.165, 1.54) is 6.07 Å². The summed E-state index contributed by atoms with van der Waals surface area (Å²) in [5.41, 5.74) is 5.05. The molecule has 1 aliphatic rings. The molecule has 0 bridgehead atoms. The van der Waals surface area contributed by atoms with Crippen LogP contribution in [0, 0.1) is 5.82 Å². The third kappa shape index (κ3) is 3.75. The number of anilines is 2. The van der Waals surface area contributed by atoms with E-state index in [4.69, 9.17) is 9.57 Å². The highest BCUT2D eigenvalue weighted by Gasteiger charge is 2.15. The summed E-state index contributed by atoms with van der Waals surface area (Å²) in [5, 5.41) is 0. The van der Waals surface area contributed by atoms with E-state index in [1.54, 1.807) is 6.07 Å². The summed E-state index contributed by atoms with van der Waals surface area (Å²) in [7, 11) is 0. The molecule has 1 aliphatic heterocycles. The number of morpholine rings is 1. The molecule has 0 radical (unpaired) electrons. The van der Waals surface area contributed by atoms with E-state index in [-0.39, 0.29) is 5.82 Å². The van der Waals surface area contributed by atoms with Crippen molar-refractivity contribution in [2.45, 2.75) is 6.61 Å². The second kappa shape index (κ2) is 7.24. The minimum atomic E-state index is -0.254. The first-order valence-corrected chi connectivity index (χ1v) is 7.37. The lowest BCUT2D eigenvalue weighted by Gasteiger charge is -2.29. The van der Waals surface area contributed by atoms with Gasteiger partial charge in [0.05, 0.1) is 31.2 Å². The molecule has 2 aromatic carbocycles. The van der Waals surface area contributed by atoms with Crippen molar-refractivity contribution in [3.8, 4) is 0 Å². The van der Waals surface area contributed by atoms with Crippen molar-refractivity contribution in [1.29, 1.82) is 0 Å². The van der Waals surface area contributed by atoms with Crippen LogP contribution in [0.1, 0.15) is 5.56 Å². The summed E-state index contributed by atoms with van der Waals surface area (Å²) >= 11 is 0. The molecule has 0 aromatic heterocycles. The Kier molecular flexibility index (Phi) is 4.88. The molecule has 0 unspecified atom stereocenters. The molecule has 22 heavy (non-hydrogen) atoms. The van der Waals surface area contributed by atoms with Crippen LogP contribution in [0.5, 0.6) is 0 Å². The van der Waals surface area contributed by atoms with Gasteiger partial charge in [-0.25, -0.2) is 4.39 Å². The van der Waals surface area contributed by atoms with Crippen LogP contribution < -0.4 is 10.4 Å². The Morgan fingerprint density at radius 2 is 1.86 bits per heavy atom. The molecule has 3 rings (SSSR count). The first-order chi connectivity index (χ1) is 10.8. The van der Waals surface area contributed by atoms with Gasteiger partial charge in [0, 0.05) is 19.2 Å². The maximum atomic E-state index is 14.2. The molecule has 0 amide bonds. The fourth-order valence-corrected chi connectivity index (χ4v) is 2.41. The predicted octanol–water partition coefficient (Wildman–Crippen LogP) is 3.21. The van der Waals surface area contributed by atoms with Crippen molar-refractivity contribution in [2.24, 2.45) is 0 Å². The van der Waals surface area contributed by atoms with Crippen LogP contribution in [0.25, 0.3) is 0 Å². The number of halogens is 1. The molecular formula is C17H19FN2O2. The van der Waals surface area contributed by atoms with Crippen molar-refractivity contribution in [2.75, 3.05) is 36.7 Å². The third-order valence-corrected chi connectivity index (χ3v) is 3.57. The maximum Gasteiger partial charge on any atom is 0.148 e. The molecule has 1 N–H and O–H groups in total. The van der Waals surface area contributed by atoms with Crippen molar-refractivity contribution < 1.29 is 14.0 Å². The first kappa shape index (κ1) is 14.8. The van der Waals surface area contributed by atoms with Gasteiger partial charge in [0.1, 0.15) is 5.82 Å². The van der Waals surface area contributed by atoms with Crippen molar-refractivity contribution in [3.05, 3.63) is 59.9 Å². The van der Waals surface area contributed by atoms with Crippen molar-refractivity contribution >= 4 is 11.4 Å². The lowest BCUT2D eigenvalue weighted by molar-refractivity contribution is 0.122. The van der Waals surface area contributed by atoms with Crippen LogP contribution in [-0.2, 0) is 16.2 Å². The first-order valence-electron chi connectivity index (χ1n) is 7.37. The fourth-order valence-electron chi connectivity index (χ4n) is 2.41. The summed E-state index contributed by atoms with van der Waals surface area (Å²) in [6.07, 6.45) is 0. The third-order valence-electron chi connectivity index (χ3n) is 3.57. The number of hydrogen-bond donors (Lipinski definition) is 1. The monoisotopic (exact) mass is 302 g/mol. The van der Waals surface area contributed by atoms with Gasteiger partial charge in [0.15, 0.2) is 0 Å². The van der Waals surface area contributed by atoms with Crippen LogP contribution in [0.15, 0.2) is 48.5 Å². The fraction of sp³-hybridized carbons (Fsp3) is 0.294. The van der Waals surface area contributed by atoms with Gasteiger partial charge in [-0.05, 0) is 17.7 Å². The molecule has 0 saturated carbocycles. The zero-order chi connectivity index (χ0) is 15.2. The lowest BCUT2D eigenvalue weighted by atomic mass is 10.2. The minimum absolute atomic E-state index is 0.254. The Morgan fingerprint density at radius 1 is 1.09 bits per heavy atom. The normalized spacial score (nSPS) is 14.9. The molecule has 0 atom stereocenters. The zero-order valence-electron chi connectivity index (χ0n) is 12.3. The molecule has 0 spiro atoms. The van der Waals surface area contributed by atoms with Gasteiger partial charge in [-0.2, -0.15) is 0 Å². The number of ether oxygens (including phenoxy) is 1. The zero-order valence-corrected chi connectivity index (χ0v) is 12.3. The van der Waals surface area contributed by atoms with Crippen LogP contribution in [0.3, 0.4) is 0 Å². The summed E-state index contributed by atoms with van der Waals surface area (Å²) in [5.74, 6) is -0.254. The van der Waals surface area contributed by atoms with E-state index in [1.807, 2.05) is 41.3 Å². The van der Waals surface area contributed by atoms with E-state index in [0.717, 1.165) is 5.56 Å². The van der Waals surface area contributed by atoms with Gasteiger partial charge < -0.3 is 9.64 Å².